The second kappa shape index (κ2) is 8.88. The number of amides is 1. The van der Waals surface area contributed by atoms with Crippen molar-refractivity contribution in [1.29, 1.82) is 0 Å². The quantitative estimate of drug-likeness (QED) is 0.473. The highest BCUT2D eigenvalue weighted by molar-refractivity contribution is 6.31. The molecule has 0 unspecified atom stereocenters. The van der Waals surface area contributed by atoms with Gasteiger partial charge in [0.1, 0.15) is 12.3 Å². The van der Waals surface area contributed by atoms with Gasteiger partial charge in [-0.1, -0.05) is 30.7 Å². The Morgan fingerprint density at radius 3 is 2.75 bits per heavy atom. The molecule has 0 aliphatic heterocycles. The smallest absolute Gasteiger partial charge is 0.280 e. The molecule has 2 aromatic heterocycles. The molecule has 0 fully saturated rings. The summed E-state index contributed by atoms with van der Waals surface area (Å²) in [5, 5.41) is 3.86. The van der Waals surface area contributed by atoms with E-state index in [4.69, 9.17) is 16.3 Å². The van der Waals surface area contributed by atoms with Gasteiger partial charge in [-0.2, -0.15) is 0 Å². The van der Waals surface area contributed by atoms with Crippen LogP contribution in [0.15, 0.2) is 59.5 Å². The minimum atomic E-state index is -0.326. The van der Waals surface area contributed by atoms with Crippen molar-refractivity contribution in [2.75, 3.05) is 12.4 Å². The normalized spacial score (nSPS) is 11.0. The van der Waals surface area contributed by atoms with Crippen LogP contribution in [0.1, 0.15) is 18.1 Å². The number of hydrogen-bond donors (Lipinski definition) is 1. The predicted molar refractivity (Wildman–Crippen MR) is 126 cm³/mol. The van der Waals surface area contributed by atoms with Gasteiger partial charge in [-0.15, -0.1) is 0 Å². The number of rotatable bonds is 6. The monoisotopic (exact) mass is 450 g/mol. The fourth-order valence-electron chi connectivity index (χ4n) is 3.65. The van der Waals surface area contributed by atoms with E-state index < -0.39 is 0 Å². The van der Waals surface area contributed by atoms with Gasteiger partial charge >= 0.3 is 0 Å². The SMILES string of the molecule is CCc1cccc(-n2c(=O)c3cccnc3n2CC(=O)Nc2cc(C)c(Cl)cc2OC)c1. The topological polar surface area (TPSA) is 78.2 Å². The van der Waals surface area contributed by atoms with Gasteiger partial charge in [0.15, 0.2) is 5.65 Å². The number of carbonyl (C=O) groups excluding carboxylic acids is 1. The first-order valence-electron chi connectivity index (χ1n) is 10.2. The molecular weight excluding hydrogens is 428 g/mol. The molecule has 8 heteroatoms. The van der Waals surface area contributed by atoms with Crippen molar-refractivity contribution in [2.45, 2.75) is 26.8 Å². The van der Waals surface area contributed by atoms with E-state index >= 15 is 0 Å². The van der Waals surface area contributed by atoms with Gasteiger partial charge in [-0.05, 0) is 54.8 Å². The molecule has 0 bridgehead atoms. The number of nitrogens with one attached hydrogen (secondary N) is 1. The fourth-order valence-corrected chi connectivity index (χ4v) is 3.81. The van der Waals surface area contributed by atoms with Crippen LogP contribution in [-0.4, -0.2) is 27.4 Å². The Morgan fingerprint density at radius 1 is 1.19 bits per heavy atom. The number of anilines is 1. The first kappa shape index (κ1) is 21.6. The van der Waals surface area contributed by atoms with Crippen LogP contribution < -0.4 is 15.6 Å². The van der Waals surface area contributed by atoms with Gasteiger partial charge in [-0.3, -0.25) is 14.3 Å². The first-order valence-corrected chi connectivity index (χ1v) is 10.6. The molecule has 0 atom stereocenters. The maximum Gasteiger partial charge on any atom is 0.280 e. The van der Waals surface area contributed by atoms with Gasteiger partial charge in [-0.25, -0.2) is 9.67 Å². The van der Waals surface area contributed by atoms with E-state index in [2.05, 4.69) is 10.3 Å². The number of fused-ring (bicyclic) bond motifs is 1. The van der Waals surface area contributed by atoms with Gasteiger partial charge in [0.05, 0.1) is 23.9 Å². The summed E-state index contributed by atoms with van der Waals surface area (Å²) in [6.45, 7) is 3.78. The largest absolute Gasteiger partial charge is 0.495 e. The third kappa shape index (κ3) is 3.99. The maximum atomic E-state index is 13.2. The molecule has 7 nitrogen and oxygen atoms in total. The van der Waals surface area contributed by atoms with Crippen LogP contribution in [0.5, 0.6) is 5.75 Å². The van der Waals surface area contributed by atoms with Crippen molar-refractivity contribution < 1.29 is 9.53 Å². The van der Waals surface area contributed by atoms with Crippen molar-refractivity contribution in [1.82, 2.24) is 14.3 Å². The van der Waals surface area contributed by atoms with E-state index in [0.29, 0.717) is 33.2 Å². The number of methoxy groups -OCH3 is 1. The van der Waals surface area contributed by atoms with Crippen LogP contribution in [0.3, 0.4) is 0 Å². The summed E-state index contributed by atoms with van der Waals surface area (Å²) >= 11 is 6.17. The summed E-state index contributed by atoms with van der Waals surface area (Å²) in [6, 6.07) is 14.5. The highest BCUT2D eigenvalue weighted by Crippen LogP contribution is 2.31. The highest BCUT2D eigenvalue weighted by atomic mass is 35.5. The predicted octanol–water partition coefficient (Wildman–Crippen LogP) is 4.36. The number of aromatic nitrogens is 3. The number of ether oxygens (including phenoxy) is 1. The molecule has 1 amide bonds. The molecule has 4 aromatic rings. The van der Waals surface area contributed by atoms with Gasteiger partial charge in [0.25, 0.3) is 5.56 Å². The molecule has 1 N–H and O–H groups in total. The van der Waals surface area contributed by atoms with Crippen molar-refractivity contribution in [2.24, 2.45) is 0 Å². The third-order valence-corrected chi connectivity index (χ3v) is 5.71. The molecule has 0 aliphatic rings. The lowest BCUT2D eigenvalue weighted by Crippen LogP contribution is -2.27. The van der Waals surface area contributed by atoms with Crippen LogP contribution >= 0.6 is 11.6 Å². The molecule has 2 aromatic carbocycles. The Balaban J connectivity index is 1.77. The van der Waals surface area contributed by atoms with E-state index in [9.17, 15) is 9.59 Å². The zero-order chi connectivity index (χ0) is 22.8. The summed E-state index contributed by atoms with van der Waals surface area (Å²) in [5.41, 5.74) is 3.29. The summed E-state index contributed by atoms with van der Waals surface area (Å²) < 4.78 is 8.45. The maximum absolute atomic E-state index is 13.2. The molecule has 4 rings (SSSR count). The molecule has 0 saturated carbocycles. The van der Waals surface area contributed by atoms with Crippen LogP contribution in [0.2, 0.25) is 5.02 Å². The third-order valence-electron chi connectivity index (χ3n) is 5.31. The lowest BCUT2D eigenvalue weighted by molar-refractivity contribution is -0.117. The Hall–Kier alpha value is -3.58. The van der Waals surface area contributed by atoms with Gasteiger partial charge in [0, 0.05) is 17.3 Å². The average molecular weight is 451 g/mol. The first-order chi connectivity index (χ1) is 15.4. The van der Waals surface area contributed by atoms with Crippen LogP contribution in [-0.2, 0) is 17.8 Å². The molecule has 0 radical (unpaired) electrons. The van der Waals surface area contributed by atoms with E-state index in [-0.39, 0.29) is 18.0 Å². The Bertz CT molecular complexity index is 1370. The van der Waals surface area contributed by atoms with Gasteiger partial charge in [0.2, 0.25) is 5.91 Å². The molecule has 0 saturated heterocycles. The van der Waals surface area contributed by atoms with Gasteiger partial charge < -0.3 is 10.1 Å². The van der Waals surface area contributed by atoms with Crippen molar-refractivity contribution >= 4 is 34.2 Å². The minimum absolute atomic E-state index is 0.114. The number of pyridine rings is 1. The molecule has 2 heterocycles. The summed E-state index contributed by atoms with van der Waals surface area (Å²) in [4.78, 5) is 30.6. The molecule has 0 spiro atoms. The number of aryl methyl sites for hydroxylation is 2. The van der Waals surface area contributed by atoms with Crippen LogP contribution in [0, 0.1) is 6.92 Å². The Labute approximate surface area is 190 Å². The lowest BCUT2D eigenvalue weighted by atomic mass is 10.1. The second-order valence-electron chi connectivity index (χ2n) is 7.42. The van der Waals surface area contributed by atoms with E-state index in [1.165, 1.54) is 11.8 Å². The zero-order valence-corrected chi connectivity index (χ0v) is 18.8. The summed E-state index contributed by atoms with van der Waals surface area (Å²) in [5.74, 6) is 0.130. The van der Waals surface area contributed by atoms with Crippen LogP contribution in [0.25, 0.3) is 16.7 Å². The standard InChI is InChI=1S/C24H23ClN4O3/c1-4-16-7-5-8-17(12-16)29-24(31)18-9-6-10-26-23(18)28(29)14-22(30)27-20-11-15(2)19(25)13-21(20)32-3/h5-13H,4,14H2,1-3H3,(H,27,30). The number of benzene rings is 2. The fraction of sp³-hybridized carbons (Fsp3) is 0.208. The molecule has 32 heavy (non-hydrogen) atoms. The molecule has 0 aliphatic carbocycles. The summed E-state index contributed by atoms with van der Waals surface area (Å²) in [7, 11) is 1.51. The second-order valence-corrected chi connectivity index (χ2v) is 7.83. The lowest BCUT2D eigenvalue weighted by Gasteiger charge is -2.15. The Kier molecular flexibility index (Phi) is 6.01. The van der Waals surface area contributed by atoms with Crippen molar-refractivity contribution in [3.8, 4) is 11.4 Å². The average Bonchev–Trinajstić information content (AvgIpc) is 3.07. The summed E-state index contributed by atoms with van der Waals surface area (Å²) in [6.07, 6.45) is 2.44. The minimum Gasteiger partial charge on any atom is -0.495 e. The van der Waals surface area contributed by atoms with Crippen LogP contribution in [0.4, 0.5) is 5.69 Å². The van der Waals surface area contributed by atoms with Crippen molar-refractivity contribution in [3.05, 3.63) is 81.2 Å². The number of carbonyl (C=O) groups is 1. The number of hydrogen-bond acceptors (Lipinski definition) is 4. The van der Waals surface area contributed by atoms with E-state index in [1.807, 2.05) is 38.1 Å². The molecule has 164 valence electrons. The van der Waals surface area contributed by atoms with E-state index in [0.717, 1.165) is 17.5 Å². The Morgan fingerprint density at radius 2 is 2.00 bits per heavy atom. The van der Waals surface area contributed by atoms with E-state index in [1.54, 1.807) is 35.1 Å². The number of halogens is 1. The van der Waals surface area contributed by atoms with Crippen molar-refractivity contribution in [3.63, 3.8) is 0 Å². The number of nitrogens with zero attached hydrogens (tertiary/aromatic N) is 3. The zero-order valence-electron chi connectivity index (χ0n) is 18.1. The molecular formula is C24H23ClN4O3. The highest BCUT2D eigenvalue weighted by Gasteiger charge is 2.19.